The zero-order valence-corrected chi connectivity index (χ0v) is 27.4. The molecule has 47 heavy (non-hydrogen) atoms. The lowest BCUT2D eigenvalue weighted by Gasteiger charge is -2.36. The maximum absolute atomic E-state index is 13.3. The fourth-order valence-corrected chi connectivity index (χ4v) is 6.16. The van der Waals surface area contributed by atoms with Crippen LogP contribution in [-0.4, -0.2) is 113 Å². The summed E-state index contributed by atoms with van der Waals surface area (Å²) in [7, 11) is 0. The number of nitrogens with one attached hydrogen (secondary N) is 2. The molecule has 6 rings (SSSR count). The van der Waals surface area contributed by atoms with Gasteiger partial charge in [0.15, 0.2) is 12.2 Å². The van der Waals surface area contributed by atoms with Crippen LogP contribution >= 0.6 is 11.6 Å². The molecule has 0 unspecified atom stereocenters. The molecule has 1 aromatic carbocycles. The molecule has 0 radical (unpaired) electrons. The minimum atomic E-state index is -0.793. The first kappa shape index (κ1) is 32.9. The lowest BCUT2D eigenvalue weighted by molar-refractivity contribution is -0.134. The number of aliphatic hydroxyl groups is 1. The first-order valence-corrected chi connectivity index (χ1v) is 16.4. The summed E-state index contributed by atoms with van der Waals surface area (Å²) in [5.41, 5.74) is 2.31. The molecular weight excluding hydrogens is 628 g/mol. The largest absolute Gasteiger partial charge is 0.484 e. The Bertz CT molecular complexity index is 1540. The molecule has 2 fully saturated rings. The third-order valence-electron chi connectivity index (χ3n) is 8.50. The molecule has 2 amide bonds. The minimum Gasteiger partial charge on any atom is -0.484 e. The van der Waals surface area contributed by atoms with E-state index in [1.807, 2.05) is 35.8 Å². The molecule has 14 nitrogen and oxygen atoms in total. The van der Waals surface area contributed by atoms with E-state index in [0.29, 0.717) is 93.7 Å². The minimum absolute atomic E-state index is 0.0601. The highest BCUT2D eigenvalue weighted by molar-refractivity contribution is 6.33. The van der Waals surface area contributed by atoms with Crippen molar-refractivity contribution in [1.29, 1.82) is 0 Å². The van der Waals surface area contributed by atoms with E-state index in [9.17, 15) is 14.7 Å². The Morgan fingerprint density at radius 1 is 1.15 bits per heavy atom. The Kier molecular flexibility index (Phi) is 10.4. The van der Waals surface area contributed by atoms with Gasteiger partial charge < -0.3 is 39.4 Å². The van der Waals surface area contributed by atoms with E-state index in [0.717, 1.165) is 11.1 Å². The Morgan fingerprint density at radius 2 is 1.96 bits per heavy atom. The van der Waals surface area contributed by atoms with Crippen molar-refractivity contribution < 1.29 is 28.6 Å². The summed E-state index contributed by atoms with van der Waals surface area (Å²) < 4.78 is 16.3. The number of amides is 2. The number of ether oxygens (including phenoxy) is 2. The summed E-state index contributed by atoms with van der Waals surface area (Å²) in [6, 6.07) is 5.57. The van der Waals surface area contributed by atoms with Crippen molar-refractivity contribution in [3.63, 3.8) is 0 Å². The molecule has 5 heterocycles. The number of hydrogen-bond acceptors (Lipinski definition) is 12. The first-order chi connectivity index (χ1) is 22.7. The Hall–Kier alpha value is -3.98. The number of anilines is 2. The van der Waals surface area contributed by atoms with Crippen LogP contribution in [0.5, 0.6) is 5.75 Å². The molecule has 3 N–H and O–H groups in total. The van der Waals surface area contributed by atoms with Crippen LogP contribution in [0.15, 0.2) is 35.2 Å². The molecule has 3 aromatic rings. The van der Waals surface area contributed by atoms with Gasteiger partial charge in [0.1, 0.15) is 23.9 Å². The highest BCUT2D eigenvalue weighted by atomic mass is 35.5. The van der Waals surface area contributed by atoms with Gasteiger partial charge >= 0.3 is 0 Å². The van der Waals surface area contributed by atoms with Gasteiger partial charge in [-0.25, -0.2) is 9.97 Å². The number of aromatic nitrogens is 3. The van der Waals surface area contributed by atoms with Gasteiger partial charge in [0.25, 0.3) is 5.91 Å². The van der Waals surface area contributed by atoms with E-state index < -0.39 is 12.0 Å². The highest BCUT2D eigenvalue weighted by Crippen LogP contribution is 2.34. The van der Waals surface area contributed by atoms with Crippen LogP contribution in [-0.2, 0) is 29.1 Å². The maximum Gasteiger partial charge on any atom is 0.270 e. The zero-order valence-electron chi connectivity index (χ0n) is 26.7. The summed E-state index contributed by atoms with van der Waals surface area (Å²) in [4.78, 5) is 44.9. The average molecular weight is 669 g/mol. The van der Waals surface area contributed by atoms with E-state index in [4.69, 9.17) is 25.5 Å². The highest BCUT2D eigenvalue weighted by Gasteiger charge is 2.27. The van der Waals surface area contributed by atoms with Gasteiger partial charge in [-0.05, 0) is 23.6 Å². The molecular formula is C32H41ClN8O6. The second kappa shape index (κ2) is 14.8. The molecule has 252 valence electrons. The topological polar surface area (TPSA) is 158 Å². The molecule has 0 bridgehead atoms. The molecule has 2 aromatic heterocycles. The van der Waals surface area contributed by atoms with Gasteiger partial charge in [0.05, 0.1) is 36.6 Å². The van der Waals surface area contributed by atoms with Crippen molar-refractivity contribution in [2.45, 2.75) is 45.6 Å². The van der Waals surface area contributed by atoms with Crippen LogP contribution in [0.25, 0.3) is 0 Å². The second-order valence-corrected chi connectivity index (χ2v) is 12.8. The summed E-state index contributed by atoms with van der Waals surface area (Å²) in [6.07, 6.45) is 2.87. The van der Waals surface area contributed by atoms with Crippen LogP contribution in [0.2, 0.25) is 5.02 Å². The van der Waals surface area contributed by atoms with E-state index in [-0.39, 0.29) is 36.7 Å². The lowest BCUT2D eigenvalue weighted by Crippen LogP contribution is -2.50. The lowest BCUT2D eigenvalue weighted by atomic mass is 9.99. The van der Waals surface area contributed by atoms with Crippen LogP contribution in [0, 0.1) is 5.92 Å². The monoisotopic (exact) mass is 668 g/mol. The second-order valence-electron chi connectivity index (χ2n) is 12.4. The van der Waals surface area contributed by atoms with Crippen molar-refractivity contribution in [3.05, 3.63) is 58.4 Å². The van der Waals surface area contributed by atoms with E-state index in [1.165, 1.54) is 6.39 Å². The Morgan fingerprint density at radius 3 is 2.66 bits per heavy atom. The zero-order chi connectivity index (χ0) is 32.9. The van der Waals surface area contributed by atoms with E-state index >= 15 is 0 Å². The molecule has 3 aliphatic rings. The van der Waals surface area contributed by atoms with Gasteiger partial charge in [-0.3, -0.25) is 14.5 Å². The SMILES string of the molecule is CC(C)C(=O)N1CCN(c2nc(NC3COC3)cc(C(=O)NC[C@H](O)CN3CCc4c(ccc(OCc5cnco5)c4Cl)C3)n2)CC1. The average Bonchev–Trinajstić information content (AvgIpc) is 3.58. The Balaban J connectivity index is 1.03. The molecule has 3 aliphatic heterocycles. The number of halogens is 1. The smallest absolute Gasteiger partial charge is 0.270 e. The normalized spacial score (nSPS) is 17.6. The number of carbonyl (C=O) groups is 2. The van der Waals surface area contributed by atoms with E-state index in [2.05, 4.69) is 30.5 Å². The van der Waals surface area contributed by atoms with Gasteiger partial charge in [0.2, 0.25) is 11.9 Å². The molecule has 1 atom stereocenters. The standard InChI is InChI=1S/C32H41ClN8O6/c1-20(2)31(44)40-7-9-41(10-8-40)32-37-26(11-28(38-32)36-22-16-45-17-22)30(43)35-12-23(42)15-39-6-5-25-21(14-39)3-4-27(29(25)33)46-18-24-13-34-19-47-24/h3-4,11,13,19-20,22-23,42H,5-10,12,14-18H2,1-2H3,(H,35,43)(H,36,37,38)/t23-/m0/s1. The predicted molar refractivity (Wildman–Crippen MR) is 174 cm³/mol. The van der Waals surface area contributed by atoms with Crippen molar-refractivity contribution in [2.75, 3.05) is 69.2 Å². The number of piperazine rings is 1. The summed E-state index contributed by atoms with van der Waals surface area (Å²) in [5, 5.41) is 17.6. The molecule has 2 saturated heterocycles. The van der Waals surface area contributed by atoms with Crippen LogP contribution in [0.1, 0.15) is 41.2 Å². The number of aliphatic hydroxyl groups excluding tert-OH is 1. The summed E-state index contributed by atoms with van der Waals surface area (Å²) in [6.45, 7) is 9.18. The number of benzene rings is 1. The van der Waals surface area contributed by atoms with Crippen molar-refractivity contribution in [2.24, 2.45) is 5.92 Å². The van der Waals surface area contributed by atoms with Gasteiger partial charge in [-0.1, -0.05) is 31.5 Å². The molecule has 0 aliphatic carbocycles. The predicted octanol–water partition coefficient (Wildman–Crippen LogP) is 1.96. The molecule has 0 spiro atoms. The van der Waals surface area contributed by atoms with E-state index in [1.54, 1.807) is 12.3 Å². The number of rotatable bonds is 12. The summed E-state index contributed by atoms with van der Waals surface area (Å²) in [5.74, 6) is 1.83. The fraction of sp³-hybridized carbons (Fsp3) is 0.531. The number of hydrogen-bond donors (Lipinski definition) is 3. The summed E-state index contributed by atoms with van der Waals surface area (Å²) >= 11 is 6.68. The molecule has 15 heteroatoms. The maximum atomic E-state index is 13.3. The van der Waals surface area contributed by atoms with Crippen LogP contribution in [0.4, 0.5) is 11.8 Å². The first-order valence-electron chi connectivity index (χ1n) is 16.0. The van der Waals surface area contributed by atoms with Gasteiger partial charge in [-0.15, -0.1) is 0 Å². The quantitative estimate of drug-likeness (QED) is 0.258. The van der Waals surface area contributed by atoms with Gasteiger partial charge in [0, 0.05) is 64.3 Å². The van der Waals surface area contributed by atoms with Gasteiger partial charge in [-0.2, -0.15) is 4.98 Å². The fourth-order valence-electron chi connectivity index (χ4n) is 5.83. The number of oxazole rings is 1. The molecule has 0 saturated carbocycles. The number of fused-ring (bicyclic) bond motifs is 1. The number of carbonyl (C=O) groups excluding carboxylic acids is 2. The van der Waals surface area contributed by atoms with Crippen molar-refractivity contribution in [3.8, 4) is 5.75 Å². The van der Waals surface area contributed by atoms with Crippen LogP contribution in [0.3, 0.4) is 0 Å². The third-order valence-corrected chi connectivity index (χ3v) is 8.92. The third kappa shape index (κ3) is 8.12. The Labute approximate surface area is 278 Å². The number of β-amino-alcohol motifs (C(OH)–C–C–N with tert-alkyl or cyclic N) is 1. The van der Waals surface area contributed by atoms with Crippen molar-refractivity contribution in [1.82, 2.24) is 30.1 Å². The van der Waals surface area contributed by atoms with Crippen LogP contribution < -0.4 is 20.3 Å². The number of nitrogens with zero attached hydrogens (tertiary/aromatic N) is 6. The van der Waals surface area contributed by atoms with Crippen molar-refractivity contribution >= 4 is 35.2 Å².